The van der Waals surface area contributed by atoms with Crippen LogP contribution in [0.5, 0.6) is 0 Å². The van der Waals surface area contributed by atoms with Crippen molar-refractivity contribution < 1.29 is 34.6 Å². The van der Waals surface area contributed by atoms with E-state index in [9.17, 15) is 30.4 Å². The lowest BCUT2D eigenvalue weighted by Gasteiger charge is -2.19. The molecule has 0 unspecified atom stereocenters. The fourth-order valence-electron chi connectivity index (χ4n) is 1.71. The summed E-state index contributed by atoms with van der Waals surface area (Å²) in [5.74, 6) is -4.72. The predicted octanol–water partition coefficient (Wildman–Crippen LogP) is 4.46. The van der Waals surface area contributed by atoms with Gasteiger partial charge in [0.2, 0.25) is 0 Å². The van der Waals surface area contributed by atoms with Crippen LogP contribution >= 0.6 is 0 Å². The number of unbranched alkanes of at least 4 members (excludes halogenated alkanes) is 2. The Bertz CT molecular complexity index is 594. The summed E-state index contributed by atoms with van der Waals surface area (Å²) < 4.78 is 89.3. The van der Waals surface area contributed by atoms with Gasteiger partial charge in [0.15, 0.2) is 0 Å². The molecule has 9 heteroatoms. The lowest BCUT2D eigenvalue weighted by Crippen LogP contribution is -2.36. The predicted molar refractivity (Wildman–Crippen MR) is 73.8 cm³/mol. The molecular formula is C14H17F5O3S. The Labute approximate surface area is 131 Å². The minimum Gasteiger partial charge on any atom is -0.266 e. The lowest BCUT2D eigenvalue weighted by molar-refractivity contribution is -0.284. The number of hydrogen-bond donors (Lipinski definition) is 0. The number of aryl methyl sites for hydroxylation is 1. The molecule has 1 rings (SSSR count). The van der Waals surface area contributed by atoms with E-state index in [0.717, 1.165) is 5.56 Å². The Morgan fingerprint density at radius 1 is 0.957 bits per heavy atom. The summed E-state index contributed by atoms with van der Waals surface area (Å²) in [6.45, 7) is 1.52. The van der Waals surface area contributed by atoms with Crippen molar-refractivity contribution in [3.8, 4) is 0 Å². The first-order valence-corrected chi connectivity index (χ1v) is 8.27. The molecule has 0 fully saturated rings. The molecule has 0 amide bonds. The topological polar surface area (TPSA) is 43.4 Å². The van der Waals surface area contributed by atoms with Gasteiger partial charge in [0.1, 0.15) is 0 Å². The maximum atomic E-state index is 12.6. The summed E-state index contributed by atoms with van der Waals surface area (Å²) in [7, 11) is -3.94. The van der Waals surface area contributed by atoms with Crippen LogP contribution in [0.15, 0.2) is 29.2 Å². The van der Waals surface area contributed by atoms with Crippen LogP contribution < -0.4 is 0 Å². The Morgan fingerprint density at radius 2 is 1.52 bits per heavy atom. The van der Waals surface area contributed by atoms with Crippen molar-refractivity contribution in [2.24, 2.45) is 0 Å². The largest absolute Gasteiger partial charge is 0.453 e. The van der Waals surface area contributed by atoms with E-state index >= 15 is 0 Å². The Kier molecular flexibility index (Phi) is 6.52. The van der Waals surface area contributed by atoms with E-state index in [-0.39, 0.29) is 30.8 Å². The molecule has 0 spiro atoms. The van der Waals surface area contributed by atoms with Crippen LogP contribution in [0.1, 0.15) is 31.2 Å². The average Bonchev–Trinajstić information content (AvgIpc) is 2.42. The van der Waals surface area contributed by atoms with Gasteiger partial charge in [-0.1, -0.05) is 24.1 Å². The lowest BCUT2D eigenvalue weighted by atomic mass is 10.1. The fraction of sp³-hybridized carbons (Fsp3) is 0.571. The minimum atomic E-state index is -5.56. The summed E-state index contributed by atoms with van der Waals surface area (Å²) in [6, 6.07) is 5.92. The van der Waals surface area contributed by atoms with Crippen molar-refractivity contribution in [1.29, 1.82) is 0 Å². The number of rotatable bonds is 8. The minimum absolute atomic E-state index is 0.00902. The van der Waals surface area contributed by atoms with E-state index in [2.05, 4.69) is 0 Å². The van der Waals surface area contributed by atoms with Crippen molar-refractivity contribution in [1.82, 2.24) is 0 Å². The average molecular weight is 360 g/mol. The molecule has 1 aromatic carbocycles. The fourth-order valence-corrected chi connectivity index (χ4v) is 2.65. The van der Waals surface area contributed by atoms with Gasteiger partial charge in [-0.2, -0.15) is 30.4 Å². The van der Waals surface area contributed by atoms with Gasteiger partial charge < -0.3 is 0 Å². The van der Waals surface area contributed by atoms with Gasteiger partial charge in [0.25, 0.3) is 10.1 Å². The van der Waals surface area contributed by atoms with Gasteiger partial charge in [-0.05, 0) is 31.9 Å². The van der Waals surface area contributed by atoms with Crippen molar-refractivity contribution in [3.05, 3.63) is 29.8 Å². The molecule has 0 aliphatic heterocycles. The summed E-state index contributed by atoms with van der Waals surface area (Å²) in [4.78, 5) is -0.0355. The van der Waals surface area contributed by atoms with Gasteiger partial charge in [0, 0.05) is 6.42 Å². The number of hydrogen-bond acceptors (Lipinski definition) is 3. The maximum Gasteiger partial charge on any atom is 0.453 e. The number of alkyl halides is 5. The van der Waals surface area contributed by atoms with Gasteiger partial charge in [-0.25, -0.2) is 0 Å². The van der Waals surface area contributed by atoms with Crippen LogP contribution in [0.4, 0.5) is 22.0 Å². The van der Waals surface area contributed by atoms with E-state index in [0.29, 0.717) is 0 Å². The summed E-state index contributed by atoms with van der Waals surface area (Å²) >= 11 is 0. The summed E-state index contributed by atoms with van der Waals surface area (Å²) in [5.41, 5.74) is 0.870. The number of benzene rings is 1. The summed E-state index contributed by atoms with van der Waals surface area (Å²) in [5, 5.41) is 0. The highest BCUT2D eigenvalue weighted by molar-refractivity contribution is 7.86. The third-order valence-corrected chi connectivity index (χ3v) is 4.42. The SMILES string of the molecule is Cc1ccc(S(=O)(=O)OCCCCCC(F)(F)C(F)(F)F)cc1. The van der Waals surface area contributed by atoms with Crippen LogP contribution in [-0.2, 0) is 14.3 Å². The van der Waals surface area contributed by atoms with Crippen LogP contribution in [-0.4, -0.2) is 27.1 Å². The molecule has 0 N–H and O–H groups in total. The molecule has 0 saturated heterocycles. The van der Waals surface area contributed by atoms with Gasteiger partial charge in [-0.15, -0.1) is 0 Å². The first kappa shape index (κ1) is 19.8. The molecule has 3 nitrogen and oxygen atoms in total. The smallest absolute Gasteiger partial charge is 0.266 e. The standard InChI is InChI=1S/C14H17F5O3S/c1-11-5-7-12(8-6-11)23(20,21)22-10-4-2-3-9-13(15,16)14(17,18)19/h5-8H,2-4,9-10H2,1H3. The Hall–Kier alpha value is -1.22. The molecule has 0 aliphatic carbocycles. The molecule has 1 aromatic rings. The molecule has 0 radical (unpaired) electrons. The molecular weight excluding hydrogens is 343 g/mol. The van der Waals surface area contributed by atoms with Crippen LogP contribution in [0.25, 0.3) is 0 Å². The molecule has 132 valence electrons. The van der Waals surface area contributed by atoms with Crippen molar-refractivity contribution in [2.45, 2.75) is 49.6 Å². The van der Waals surface area contributed by atoms with Crippen LogP contribution in [0, 0.1) is 6.92 Å². The maximum absolute atomic E-state index is 12.6. The highest BCUT2D eigenvalue weighted by atomic mass is 32.2. The monoisotopic (exact) mass is 360 g/mol. The second-order valence-corrected chi connectivity index (χ2v) is 6.72. The molecule has 23 heavy (non-hydrogen) atoms. The zero-order valence-electron chi connectivity index (χ0n) is 12.4. The highest BCUT2D eigenvalue weighted by Crippen LogP contribution is 2.39. The van der Waals surface area contributed by atoms with Gasteiger partial charge >= 0.3 is 12.1 Å². The first-order valence-electron chi connectivity index (χ1n) is 6.86. The molecule has 0 aromatic heterocycles. The highest BCUT2D eigenvalue weighted by Gasteiger charge is 2.56. The first-order chi connectivity index (χ1) is 10.5. The normalized spacial score (nSPS) is 13.3. The van der Waals surface area contributed by atoms with E-state index in [4.69, 9.17) is 4.18 Å². The molecule has 0 bridgehead atoms. The van der Waals surface area contributed by atoms with E-state index in [1.807, 2.05) is 0 Å². The zero-order valence-corrected chi connectivity index (χ0v) is 13.2. The third-order valence-electron chi connectivity index (χ3n) is 3.10. The van der Waals surface area contributed by atoms with E-state index in [1.165, 1.54) is 12.1 Å². The van der Waals surface area contributed by atoms with Crippen molar-refractivity contribution in [2.75, 3.05) is 6.61 Å². The quantitative estimate of drug-likeness (QED) is 0.391. The Balaban J connectivity index is 2.34. The zero-order chi connectivity index (χ0) is 17.7. The van der Waals surface area contributed by atoms with Gasteiger partial charge in [0.05, 0.1) is 11.5 Å². The number of halogens is 5. The van der Waals surface area contributed by atoms with Crippen LogP contribution in [0.2, 0.25) is 0 Å². The van der Waals surface area contributed by atoms with Gasteiger partial charge in [-0.3, -0.25) is 4.18 Å². The Morgan fingerprint density at radius 3 is 2.04 bits per heavy atom. The second-order valence-electron chi connectivity index (χ2n) is 5.10. The van der Waals surface area contributed by atoms with Crippen molar-refractivity contribution in [3.63, 3.8) is 0 Å². The second kappa shape index (κ2) is 7.57. The van der Waals surface area contributed by atoms with E-state index in [1.54, 1.807) is 19.1 Å². The van der Waals surface area contributed by atoms with E-state index < -0.39 is 28.6 Å². The summed E-state index contributed by atoms with van der Waals surface area (Å²) in [6.07, 6.45) is -7.17. The third kappa shape index (κ3) is 6.06. The molecule has 0 aliphatic rings. The van der Waals surface area contributed by atoms with Crippen molar-refractivity contribution >= 4 is 10.1 Å². The molecule has 0 atom stereocenters. The molecule has 0 saturated carbocycles. The molecule has 0 heterocycles. The van der Waals surface area contributed by atoms with Crippen LogP contribution in [0.3, 0.4) is 0 Å².